The van der Waals surface area contributed by atoms with Crippen molar-refractivity contribution >= 4 is 47.1 Å². The summed E-state index contributed by atoms with van der Waals surface area (Å²) in [7, 11) is 0. The van der Waals surface area contributed by atoms with Gasteiger partial charge in [-0.3, -0.25) is 28.7 Å². The summed E-state index contributed by atoms with van der Waals surface area (Å²) in [4.78, 5) is 34.7. The molecule has 0 amide bonds. The molecular weight excluding hydrogens is 468 g/mol. The van der Waals surface area contributed by atoms with E-state index in [1.54, 1.807) is 35.3 Å². The van der Waals surface area contributed by atoms with Gasteiger partial charge >= 0.3 is 0 Å². The molecule has 14 heteroatoms. The zero-order chi connectivity index (χ0) is 23.5. The highest BCUT2D eigenvalue weighted by Crippen LogP contribution is 2.12. The molecule has 0 aliphatic rings. The second-order valence-electron chi connectivity index (χ2n) is 6.75. The van der Waals surface area contributed by atoms with Gasteiger partial charge in [0.15, 0.2) is 15.2 Å². The lowest BCUT2D eigenvalue weighted by atomic mass is 10.4. The van der Waals surface area contributed by atoms with Gasteiger partial charge in [0.25, 0.3) is 11.1 Å². The number of nitrogens with zero attached hydrogens (tertiary/aromatic N) is 3. The fourth-order valence-corrected chi connectivity index (χ4v) is 3.50. The minimum absolute atomic E-state index is 0.0415. The molecule has 12 nitrogen and oxygen atoms in total. The molecule has 0 radical (unpaired) electrons. The van der Waals surface area contributed by atoms with Crippen LogP contribution in [0.1, 0.15) is 11.5 Å². The van der Waals surface area contributed by atoms with Crippen LogP contribution in [0.15, 0.2) is 61.5 Å². The standard InChI is InChI=1S/C10H8N4O2S.C9H10N4O2S/c15-9-7-8(12-5-11-7)14(10(17)13-9)4-6-2-1-3-16-6;10-6-7(11)13(9(16)12-8(6)14)4-5-2-1-3-15-5/h1-3,5H,4H2,(H,11,12)(H,13,15,17);1-3H,4,10-11H2,(H,12,14,16). The summed E-state index contributed by atoms with van der Waals surface area (Å²) in [5.41, 5.74) is 11.4. The van der Waals surface area contributed by atoms with E-state index < -0.39 is 5.56 Å². The molecule has 0 bridgehead atoms. The van der Waals surface area contributed by atoms with E-state index in [9.17, 15) is 9.59 Å². The number of aromatic amines is 3. The van der Waals surface area contributed by atoms with Gasteiger partial charge in [-0.2, -0.15) is 0 Å². The van der Waals surface area contributed by atoms with E-state index in [-0.39, 0.29) is 21.8 Å². The number of nitrogen functional groups attached to an aromatic ring is 2. The Bertz CT molecular complexity index is 1620. The van der Waals surface area contributed by atoms with Crippen LogP contribution in [0.25, 0.3) is 11.2 Å². The lowest BCUT2D eigenvalue weighted by Crippen LogP contribution is -2.21. The van der Waals surface area contributed by atoms with Gasteiger partial charge in [-0.05, 0) is 48.7 Å². The van der Waals surface area contributed by atoms with Crippen LogP contribution in [0.5, 0.6) is 0 Å². The smallest absolute Gasteiger partial charge is 0.277 e. The first kappa shape index (κ1) is 22.0. The van der Waals surface area contributed by atoms with Gasteiger partial charge in [0.2, 0.25) is 0 Å². The van der Waals surface area contributed by atoms with Crippen molar-refractivity contribution < 1.29 is 8.83 Å². The molecule has 5 aromatic rings. The molecular formula is C19H18N8O4S2. The Kier molecular flexibility index (Phi) is 6.10. The van der Waals surface area contributed by atoms with Crippen LogP contribution in [-0.4, -0.2) is 29.1 Å². The second kappa shape index (κ2) is 9.13. The zero-order valence-electron chi connectivity index (χ0n) is 16.9. The molecule has 0 aliphatic carbocycles. The Hall–Kier alpha value is -4.17. The predicted octanol–water partition coefficient (Wildman–Crippen LogP) is 2.14. The van der Waals surface area contributed by atoms with Crippen molar-refractivity contribution in [2.75, 3.05) is 11.5 Å². The first-order chi connectivity index (χ1) is 15.8. The first-order valence-corrected chi connectivity index (χ1v) is 10.3. The van der Waals surface area contributed by atoms with Gasteiger partial charge in [0.05, 0.1) is 31.9 Å². The summed E-state index contributed by atoms with van der Waals surface area (Å²) in [6, 6.07) is 7.17. The Labute approximate surface area is 194 Å². The Morgan fingerprint density at radius 2 is 1.48 bits per heavy atom. The van der Waals surface area contributed by atoms with Crippen LogP contribution in [0.3, 0.4) is 0 Å². The van der Waals surface area contributed by atoms with Crippen molar-refractivity contribution in [2.45, 2.75) is 13.1 Å². The fraction of sp³-hybridized carbons (Fsp3) is 0.105. The third-order valence-corrected chi connectivity index (χ3v) is 5.28. The van der Waals surface area contributed by atoms with Gasteiger partial charge in [0.1, 0.15) is 28.5 Å². The van der Waals surface area contributed by atoms with E-state index in [0.717, 1.165) is 5.76 Å². The summed E-state index contributed by atoms with van der Waals surface area (Å²) >= 11 is 10.1. The number of hydrogen-bond donors (Lipinski definition) is 5. The third kappa shape index (κ3) is 4.56. The van der Waals surface area contributed by atoms with E-state index in [1.807, 2.05) is 6.07 Å². The number of nitrogens with one attached hydrogen (secondary N) is 3. The second-order valence-corrected chi connectivity index (χ2v) is 7.52. The molecule has 0 saturated heterocycles. The third-order valence-electron chi connectivity index (χ3n) is 4.63. The maximum atomic E-state index is 11.6. The minimum Gasteiger partial charge on any atom is -0.467 e. The Morgan fingerprint density at radius 1 is 0.909 bits per heavy atom. The van der Waals surface area contributed by atoms with Crippen LogP contribution >= 0.6 is 24.4 Å². The number of H-pyrrole nitrogens is 3. The van der Waals surface area contributed by atoms with Crippen molar-refractivity contribution in [3.05, 3.63) is 84.9 Å². The molecule has 0 fully saturated rings. The number of rotatable bonds is 4. The summed E-state index contributed by atoms with van der Waals surface area (Å²) in [5, 5.41) is 0. The number of aromatic nitrogens is 6. The minimum atomic E-state index is -0.474. The van der Waals surface area contributed by atoms with Crippen molar-refractivity contribution in [3.8, 4) is 0 Å². The average Bonchev–Trinajstić information content (AvgIpc) is 3.55. The molecule has 0 spiro atoms. The molecule has 5 rings (SSSR count). The first-order valence-electron chi connectivity index (χ1n) is 9.44. The molecule has 170 valence electrons. The number of fused-ring (bicyclic) bond motifs is 1. The van der Waals surface area contributed by atoms with Gasteiger partial charge in [-0.15, -0.1) is 0 Å². The molecule has 5 heterocycles. The summed E-state index contributed by atoms with van der Waals surface area (Å²) in [6.45, 7) is 0.766. The molecule has 7 N–H and O–H groups in total. The summed E-state index contributed by atoms with van der Waals surface area (Å²) in [6.07, 6.45) is 4.60. The van der Waals surface area contributed by atoms with Crippen LogP contribution in [-0.2, 0) is 13.1 Å². The quantitative estimate of drug-likeness (QED) is 0.238. The van der Waals surface area contributed by atoms with Crippen LogP contribution in [0, 0.1) is 9.54 Å². The van der Waals surface area contributed by atoms with Gasteiger partial charge in [-0.1, -0.05) is 0 Å². The van der Waals surface area contributed by atoms with E-state index in [2.05, 4.69) is 19.9 Å². The van der Waals surface area contributed by atoms with Crippen molar-refractivity contribution in [1.29, 1.82) is 0 Å². The monoisotopic (exact) mass is 486 g/mol. The van der Waals surface area contributed by atoms with E-state index in [0.29, 0.717) is 34.8 Å². The Balaban J connectivity index is 0.000000157. The van der Waals surface area contributed by atoms with Crippen LogP contribution in [0.4, 0.5) is 11.5 Å². The Morgan fingerprint density at radius 3 is 2.09 bits per heavy atom. The molecule has 0 unspecified atom stereocenters. The highest BCUT2D eigenvalue weighted by atomic mass is 32.1. The fourth-order valence-electron chi connectivity index (χ4n) is 3.01. The van der Waals surface area contributed by atoms with Crippen LogP contribution < -0.4 is 22.6 Å². The molecule has 5 aromatic heterocycles. The zero-order valence-corrected chi connectivity index (χ0v) is 18.5. The normalized spacial score (nSPS) is 10.8. The number of nitrogens with two attached hydrogens (primary N) is 2. The lowest BCUT2D eigenvalue weighted by molar-refractivity contribution is 0.491. The highest BCUT2D eigenvalue weighted by Gasteiger charge is 2.10. The molecule has 0 aromatic carbocycles. The van der Waals surface area contributed by atoms with Crippen molar-refractivity contribution in [3.63, 3.8) is 0 Å². The maximum absolute atomic E-state index is 11.6. The van der Waals surface area contributed by atoms with Gasteiger partial charge in [-0.25, -0.2) is 4.98 Å². The predicted molar refractivity (Wildman–Crippen MR) is 126 cm³/mol. The van der Waals surface area contributed by atoms with E-state index in [1.165, 1.54) is 10.9 Å². The highest BCUT2D eigenvalue weighted by molar-refractivity contribution is 7.71. The van der Waals surface area contributed by atoms with Gasteiger partial charge in [0, 0.05) is 0 Å². The molecule has 0 aliphatic heterocycles. The van der Waals surface area contributed by atoms with Crippen molar-refractivity contribution in [2.24, 2.45) is 0 Å². The summed E-state index contributed by atoms with van der Waals surface area (Å²) < 4.78 is 14.2. The number of imidazole rings is 1. The lowest BCUT2D eigenvalue weighted by Gasteiger charge is -2.10. The van der Waals surface area contributed by atoms with E-state index >= 15 is 0 Å². The van der Waals surface area contributed by atoms with E-state index in [4.69, 9.17) is 44.7 Å². The topological polar surface area (TPSA) is 183 Å². The largest absolute Gasteiger partial charge is 0.467 e. The SMILES string of the molecule is Nc1c(N)n(Cc2ccco2)c(=S)[nH]c1=O.O=c1[nH]c(=S)n(Cc2ccco2)c2nc[nH]c12. The molecule has 0 atom stereocenters. The average molecular weight is 487 g/mol. The number of anilines is 2. The summed E-state index contributed by atoms with van der Waals surface area (Å²) in [5.74, 6) is 1.57. The number of hydrogen-bond acceptors (Lipinski definition) is 9. The van der Waals surface area contributed by atoms with Crippen molar-refractivity contribution in [1.82, 2.24) is 29.1 Å². The maximum Gasteiger partial charge on any atom is 0.277 e. The van der Waals surface area contributed by atoms with Gasteiger partial charge < -0.3 is 25.3 Å². The number of furan rings is 2. The molecule has 0 saturated carbocycles. The molecule has 33 heavy (non-hydrogen) atoms. The van der Waals surface area contributed by atoms with Crippen LogP contribution in [0.2, 0.25) is 0 Å².